The third-order valence-corrected chi connectivity index (χ3v) is 5.43. The second-order valence-electron chi connectivity index (χ2n) is 5.94. The van der Waals surface area contributed by atoms with Gasteiger partial charge in [0.15, 0.2) is 0 Å². The summed E-state index contributed by atoms with van der Waals surface area (Å²) in [4.78, 5) is 2.09. The van der Waals surface area contributed by atoms with Gasteiger partial charge >= 0.3 is 0 Å². The molecule has 1 unspecified atom stereocenters. The molecule has 2 N–H and O–H groups in total. The van der Waals surface area contributed by atoms with Crippen molar-refractivity contribution in [2.24, 2.45) is 5.41 Å². The van der Waals surface area contributed by atoms with Crippen molar-refractivity contribution in [1.82, 2.24) is 5.32 Å². The number of hydrogen-bond donors (Lipinski definition) is 2. The summed E-state index contributed by atoms with van der Waals surface area (Å²) in [5, 5.41) is 12.9. The summed E-state index contributed by atoms with van der Waals surface area (Å²) in [6.45, 7) is 4.15. The monoisotopic (exact) mass is 321 g/mol. The normalized spacial score (nSPS) is 18.0. The Hall–Kier alpha value is -1.27. The molecule has 0 aliphatic carbocycles. The highest BCUT2D eigenvalue weighted by Crippen LogP contribution is 2.33. The van der Waals surface area contributed by atoms with Crippen molar-refractivity contribution >= 4 is 11.3 Å². The summed E-state index contributed by atoms with van der Waals surface area (Å²) in [6, 6.07) is 11.0. The minimum absolute atomic E-state index is 0.137. The Kier molecular flexibility index (Phi) is 4.59. The van der Waals surface area contributed by atoms with Crippen LogP contribution in [-0.2, 0) is 4.74 Å². The minimum atomic E-state index is -0.192. The molecule has 0 bridgehead atoms. The molecule has 0 radical (unpaired) electrons. The van der Waals surface area contributed by atoms with Crippen LogP contribution >= 0.6 is 11.3 Å². The van der Waals surface area contributed by atoms with E-state index in [4.69, 9.17) is 4.74 Å². The molecule has 1 atom stereocenters. The first kappa shape index (κ1) is 15.6. The first-order valence-electron chi connectivity index (χ1n) is 7.40. The fourth-order valence-corrected chi connectivity index (χ4v) is 3.56. The average molecular weight is 321 g/mol. The lowest BCUT2D eigenvalue weighted by Gasteiger charge is -2.40. The van der Waals surface area contributed by atoms with E-state index in [1.807, 2.05) is 18.2 Å². The van der Waals surface area contributed by atoms with Crippen LogP contribution in [0.4, 0.5) is 4.39 Å². The van der Waals surface area contributed by atoms with Crippen molar-refractivity contribution in [2.75, 3.05) is 26.4 Å². The molecule has 1 fully saturated rings. The summed E-state index contributed by atoms with van der Waals surface area (Å²) in [7, 11) is 0. The van der Waals surface area contributed by atoms with Gasteiger partial charge in [0.1, 0.15) is 5.82 Å². The number of thiophene rings is 1. The molecule has 3 nitrogen and oxygen atoms in total. The molecule has 0 amide bonds. The van der Waals surface area contributed by atoms with Gasteiger partial charge in [0.2, 0.25) is 0 Å². The van der Waals surface area contributed by atoms with Crippen LogP contribution < -0.4 is 5.32 Å². The first-order chi connectivity index (χ1) is 10.6. The van der Waals surface area contributed by atoms with Crippen molar-refractivity contribution < 1.29 is 14.2 Å². The number of ether oxygens (including phenoxy) is 1. The molecule has 1 aliphatic heterocycles. The lowest BCUT2D eigenvalue weighted by Crippen LogP contribution is -2.52. The van der Waals surface area contributed by atoms with Gasteiger partial charge in [-0.15, -0.1) is 11.3 Å². The van der Waals surface area contributed by atoms with Crippen LogP contribution in [0.1, 0.15) is 17.8 Å². The van der Waals surface area contributed by atoms with Crippen LogP contribution in [0.15, 0.2) is 36.4 Å². The van der Waals surface area contributed by atoms with E-state index in [9.17, 15) is 9.50 Å². The highest BCUT2D eigenvalue weighted by molar-refractivity contribution is 7.15. The molecular formula is C17H20FNO2S. The van der Waals surface area contributed by atoms with Crippen LogP contribution in [0, 0.1) is 11.2 Å². The van der Waals surface area contributed by atoms with E-state index >= 15 is 0 Å². The number of nitrogens with one attached hydrogen (secondary N) is 1. The maximum atomic E-state index is 13.8. The van der Waals surface area contributed by atoms with Crippen molar-refractivity contribution in [3.8, 4) is 10.4 Å². The fourth-order valence-electron chi connectivity index (χ4n) is 2.50. The number of aliphatic hydroxyl groups excluding tert-OH is 1. The van der Waals surface area contributed by atoms with Gasteiger partial charge in [-0.2, -0.15) is 0 Å². The third kappa shape index (κ3) is 3.08. The first-order valence-corrected chi connectivity index (χ1v) is 8.22. The van der Waals surface area contributed by atoms with Gasteiger partial charge in [-0.25, -0.2) is 4.39 Å². The number of rotatable bonds is 6. The predicted octanol–water partition coefficient (Wildman–Crippen LogP) is 3.21. The van der Waals surface area contributed by atoms with Gasteiger partial charge in [0.05, 0.1) is 25.2 Å². The van der Waals surface area contributed by atoms with Crippen molar-refractivity contribution in [1.29, 1.82) is 0 Å². The molecule has 1 aromatic heterocycles. The zero-order valence-electron chi connectivity index (χ0n) is 12.5. The van der Waals surface area contributed by atoms with E-state index in [-0.39, 0.29) is 23.9 Å². The highest BCUT2D eigenvalue weighted by Gasteiger charge is 2.38. The van der Waals surface area contributed by atoms with E-state index in [1.165, 1.54) is 6.07 Å². The highest BCUT2D eigenvalue weighted by atomic mass is 32.1. The summed E-state index contributed by atoms with van der Waals surface area (Å²) in [5.41, 5.74) is 0.505. The van der Waals surface area contributed by atoms with Gasteiger partial charge < -0.3 is 15.2 Å². The largest absolute Gasteiger partial charge is 0.396 e. The lowest BCUT2D eigenvalue weighted by atomic mass is 9.87. The van der Waals surface area contributed by atoms with E-state index in [0.717, 1.165) is 16.3 Å². The summed E-state index contributed by atoms with van der Waals surface area (Å²) in [5.74, 6) is -0.192. The van der Waals surface area contributed by atoms with E-state index in [1.54, 1.807) is 23.5 Å². The van der Waals surface area contributed by atoms with Crippen molar-refractivity contribution in [2.45, 2.75) is 13.0 Å². The zero-order valence-corrected chi connectivity index (χ0v) is 13.3. The number of hydrogen-bond acceptors (Lipinski definition) is 4. The predicted molar refractivity (Wildman–Crippen MR) is 86.5 cm³/mol. The molecule has 0 spiro atoms. The van der Waals surface area contributed by atoms with Crippen molar-refractivity contribution in [3.63, 3.8) is 0 Å². The van der Waals surface area contributed by atoms with Gasteiger partial charge in [0, 0.05) is 27.9 Å². The van der Waals surface area contributed by atoms with Gasteiger partial charge in [-0.3, -0.25) is 0 Å². The maximum absolute atomic E-state index is 13.8. The summed E-state index contributed by atoms with van der Waals surface area (Å²) < 4.78 is 19.0. The third-order valence-electron chi connectivity index (χ3n) is 4.13. The Morgan fingerprint density at radius 2 is 2.09 bits per heavy atom. The SMILES string of the molecule is CC(NCC1(CO)COC1)c1ccc(-c2ccccc2F)s1. The zero-order chi connectivity index (χ0) is 15.6. The molecule has 2 aromatic rings. The molecule has 3 rings (SSSR count). The molecule has 5 heteroatoms. The Morgan fingerprint density at radius 1 is 1.32 bits per heavy atom. The standard InChI is InChI=1S/C17H20FNO2S/c1-12(19-8-17(9-20)10-21-11-17)15-6-7-16(22-15)13-4-2-3-5-14(13)18/h2-7,12,19-20H,8-11H2,1H3. The molecule has 1 saturated heterocycles. The van der Waals surface area contributed by atoms with Crippen LogP contribution in [0.25, 0.3) is 10.4 Å². The summed E-state index contributed by atoms with van der Waals surface area (Å²) >= 11 is 1.60. The minimum Gasteiger partial charge on any atom is -0.396 e. The van der Waals surface area contributed by atoms with E-state index in [0.29, 0.717) is 18.8 Å². The molecule has 1 aromatic carbocycles. The van der Waals surface area contributed by atoms with Crippen LogP contribution in [-0.4, -0.2) is 31.5 Å². The molecule has 1 aliphatic rings. The lowest BCUT2D eigenvalue weighted by molar-refractivity contribution is -0.135. The second kappa shape index (κ2) is 6.46. The fraction of sp³-hybridized carbons (Fsp3) is 0.412. The maximum Gasteiger partial charge on any atom is 0.131 e. The van der Waals surface area contributed by atoms with Gasteiger partial charge in [-0.1, -0.05) is 18.2 Å². The molecule has 0 saturated carbocycles. The smallest absolute Gasteiger partial charge is 0.131 e. The van der Waals surface area contributed by atoms with E-state index < -0.39 is 0 Å². The Morgan fingerprint density at radius 3 is 2.73 bits per heavy atom. The van der Waals surface area contributed by atoms with Gasteiger partial charge in [-0.05, 0) is 25.1 Å². The van der Waals surface area contributed by atoms with E-state index in [2.05, 4.69) is 12.2 Å². The molecule has 2 heterocycles. The number of halogens is 1. The summed E-state index contributed by atoms with van der Waals surface area (Å²) in [6.07, 6.45) is 0. The topological polar surface area (TPSA) is 41.5 Å². The second-order valence-corrected chi connectivity index (χ2v) is 7.05. The molecular weight excluding hydrogens is 301 g/mol. The van der Waals surface area contributed by atoms with Crippen LogP contribution in [0.5, 0.6) is 0 Å². The molecule has 22 heavy (non-hydrogen) atoms. The van der Waals surface area contributed by atoms with Crippen LogP contribution in [0.3, 0.4) is 0 Å². The number of benzene rings is 1. The Balaban J connectivity index is 1.67. The quantitative estimate of drug-likeness (QED) is 0.858. The molecule has 118 valence electrons. The average Bonchev–Trinajstić information content (AvgIpc) is 2.96. The van der Waals surface area contributed by atoms with Crippen molar-refractivity contribution in [3.05, 3.63) is 47.1 Å². The number of aliphatic hydroxyl groups is 1. The Bertz CT molecular complexity index is 634. The van der Waals surface area contributed by atoms with Crippen LogP contribution in [0.2, 0.25) is 0 Å². The Labute approximate surface area is 133 Å². The van der Waals surface area contributed by atoms with Gasteiger partial charge in [0.25, 0.3) is 0 Å².